The number of amides is 1. The van der Waals surface area contributed by atoms with E-state index in [1.54, 1.807) is 24.5 Å². The molecule has 122 valence electrons. The van der Waals surface area contributed by atoms with Gasteiger partial charge in [0.1, 0.15) is 0 Å². The molecular weight excluding hydrogens is 309 g/mol. The van der Waals surface area contributed by atoms with Gasteiger partial charge in [0.25, 0.3) is 5.91 Å². The Morgan fingerprint density at radius 1 is 1.25 bits per heavy atom. The van der Waals surface area contributed by atoms with Crippen molar-refractivity contribution in [3.05, 3.63) is 66.4 Å². The summed E-state index contributed by atoms with van der Waals surface area (Å²) in [6.07, 6.45) is 1.62. The van der Waals surface area contributed by atoms with Crippen molar-refractivity contribution in [2.24, 2.45) is 0 Å². The Balaban J connectivity index is 1.65. The van der Waals surface area contributed by atoms with E-state index < -0.39 is 5.82 Å². The zero-order chi connectivity index (χ0) is 16.9. The minimum atomic E-state index is -0.499. The number of carbonyl (C=O) groups excluding carboxylic acids is 1. The third-order valence-electron chi connectivity index (χ3n) is 3.45. The molecule has 0 atom stereocenters. The standard InChI is InChI=1S/C18H16FN3O2/c1-12-18(21-11-20-12)13-5-4-6-14(9-13)22-17(23)10-24-16-8-3-2-7-15(16)19/h2-9,11H,10H2,1H3,(H,20,21)(H,22,23). The molecule has 0 saturated carbocycles. The number of nitrogens with one attached hydrogen (secondary N) is 2. The number of halogens is 1. The molecule has 0 radical (unpaired) electrons. The van der Waals surface area contributed by atoms with Crippen LogP contribution in [0.4, 0.5) is 10.1 Å². The fourth-order valence-corrected chi connectivity index (χ4v) is 2.30. The van der Waals surface area contributed by atoms with E-state index in [-0.39, 0.29) is 18.3 Å². The van der Waals surface area contributed by atoms with Crippen LogP contribution in [0.2, 0.25) is 0 Å². The molecule has 2 aromatic carbocycles. The van der Waals surface area contributed by atoms with Crippen LogP contribution in [-0.2, 0) is 4.79 Å². The number of rotatable bonds is 5. The lowest BCUT2D eigenvalue weighted by Gasteiger charge is -2.09. The average molecular weight is 325 g/mol. The van der Waals surface area contributed by atoms with Crippen LogP contribution in [0.25, 0.3) is 11.3 Å². The van der Waals surface area contributed by atoms with Gasteiger partial charge in [-0.25, -0.2) is 9.37 Å². The number of hydrogen-bond acceptors (Lipinski definition) is 3. The van der Waals surface area contributed by atoms with Gasteiger partial charge < -0.3 is 15.0 Å². The largest absolute Gasteiger partial charge is 0.481 e. The number of carbonyl (C=O) groups is 1. The highest BCUT2D eigenvalue weighted by molar-refractivity contribution is 5.92. The van der Waals surface area contributed by atoms with Gasteiger partial charge in [-0.2, -0.15) is 0 Å². The topological polar surface area (TPSA) is 67.0 Å². The number of anilines is 1. The maximum atomic E-state index is 13.4. The maximum absolute atomic E-state index is 13.4. The Bertz CT molecular complexity index is 861. The molecule has 1 amide bonds. The molecule has 0 saturated heterocycles. The Labute approximate surface area is 138 Å². The minimum Gasteiger partial charge on any atom is -0.481 e. The summed E-state index contributed by atoms with van der Waals surface area (Å²) in [4.78, 5) is 19.3. The summed E-state index contributed by atoms with van der Waals surface area (Å²) in [5, 5.41) is 2.73. The number of aromatic nitrogens is 2. The van der Waals surface area contributed by atoms with Crippen LogP contribution in [0.15, 0.2) is 54.9 Å². The first-order chi connectivity index (χ1) is 11.6. The number of H-pyrrole nitrogens is 1. The lowest BCUT2D eigenvalue weighted by atomic mass is 10.1. The van der Waals surface area contributed by atoms with Crippen LogP contribution in [-0.4, -0.2) is 22.5 Å². The summed E-state index contributed by atoms with van der Waals surface area (Å²) < 4.78 is 18.6. The van der Waals surface area contributed by atoms with Crippen molar-refractivity contribution in [1.29, 1.82) is 0 Å². The lowest BCUT2D eigenvalue weighted by molar-refractivity contribution is -0.118. The van der Waals surface area contributed by atoms with Crippen LogP contribution >= 0.6 is 0 Å². The number of ether oxygens (including phenoxy) is 1. The summed E-state index contributed by atoms with van der Waals surface area (Å²) in [6, 6.07) is 13.3. The summed E-state index contributed by atoms with van der Waals surface area (Å²) in [6.45, 7) is 1.66. The van der Waals surface area contributed by atoms with E-state index in [0.717, 1.165) is 17.0 Å². The van der Waals surface area contributed by atoms with Crippen LogP contribution in [0.1, 0.15) is 5.69 Å². The second kappa shape index (κ2) is 6.95. The predicted octanol–water partition coefficient (Wildman–Crippen LogP) is 3.54. The van der Waals surface area contributed by atoms with Gasteiger partial charge in [-0.3, -0.25) is 4.79 Å². The van der Waals surface area contributed by atoms with E-state index in [2.05, 4.69) is 15.3 Å². The van der Waals surface area contributed by atoms with E-state index in [1.807, 2.05) is 25.1 Å². The van der Waals surface area contributed by atoms with Gasteiger partial charge >= 0.3 is 0 Å². The molecule has 0 aliphatic heterocycles. The van der Waals surface area contributed by atoms with Crippen LogP contribution in [0.3, 0.4) is 0 Å². The van der Waals surface area contributed by atoms with Crippen molar-refractivity contribution in [3.8, 4) is 17.0 Å². The number of nitrogens with zero attached hydrogens (tertiary/aromatic N) is 1. The molecule has 0 fully saturated rings. The van der Waals surface area contributed by atoms with E-state index in [1.165, 1.54) is 12.1 Å². The average Bonchev–Trinajstić information content (AvgIpc) is 3.00. The van der Waals surface area contributed by atoms with Crippen LogP contribution < -0.4 is 10.1 Å². The van der Waals surface area contributed by atoms with Crippen molar-refractivity contribution in [3.63, 3.8) is 0 Å². The lowest BCUT2D eigenvalue weighted by Crippen LogP contribution is -2.20. The van der Waals surface area contributed by atoms with E-state index in [9.17, 15) is 9.18 Å². The molecule has 0 aliphatic carbocycles. The Morgan fingerprint density at radius 2 is 2.08 bits per heavy atom. The van der Waals surface area contributed by atoms with Gasteiger partial charge in [0.2, 0.25) is 0 Å². The van der Waals surface area contributed by atoms with Crippen LogP contribution in [0, 0.1) is 12.7 Å². The van der Waals surface area contributed by atoms with E-state index in [4.69, 9.17) is 4.74 Å². The molecule has 0 spiro atoms. The molecule has 2 N–H and O–H groups in total. The molecular formula is C18H16FN3O2. The molecule has 6 heteroatoms. The number of benzene rings is 2. The Hall–Kier alpha value is -3.15. The molecule has 3 rings (SSSR count). The summed E-state index contributed by atoms with van der Waals surface area (Å²) in [5.74, 6) is -0.816. The highest BCUT2D eigenvalue weighted by Crippen LogP contribution is 2.23. The molecule has 1 heterocycles. The highest BCUT2D eigenvalue weighted by atomic mass is 19.1. The number of imidazole rings is 1. The van der Waals surface area contributed by atoms with Gasteiger partial charge in [0.05, 0.1) is 12.0 Å². The first-order valence-corrected chi connectivity index (χ1v) is 7.41. The van der Waals surface area contributed by atoms with Crippen molar-refractivity contribution in [1.82, 2.24) is 9.97 Å². The molecule has 3 aromatic rings. The molecule has 0 unspecified atom stereocenters. The normalized spacial score (nSPS) is 10.4. The quantitative estimate of drug-likeness (QED) is 0.754. The van der Waals surface area contributed by atoms with Crippen molar-refractivity contribution >= 4 is 11.6 Å². The molecule has 0 aliphatic rings. The maximum Gasteiger partial charge on any atom is 0.262 e. The molecule has 5 nitrogen and oxygen atoms in total. The number of para-hydroxylation sites is 1. The fraction of sp³-hybridized carbons (Fsp3) is 0.111. The van der Waals surface area contributed by atoms with Crippen molar-refractivity contribution in [2.75, 3.05) is 11.9 Å². The zero-order valence-electron chi connectivity index (χ0n) is 13.0. The second-order valence-corrected chi connectivity index (χ2v) is 5.22. The first kappa shape index (κ1) is 15.7. The zero-order valence-corrected chi connectivity index (χ0v) is 13.0. The van der Waals surface area contributed by atoms with Crippen molar-refractivity contribution in [2.45, 2.75) is 6.92 Å². The van der Waals surface area contributed by atoms with Gasteiger partial charge in [-0.15, -0.1) is 0 Å². The van der Waals surface area contributed by atoms with Gasteiger partial charge in [0.15, 0.2) is 18.2 Å². The number of aromatic amines is 1. The molecule has 1 aromatic heterocycles. The third kappa shape index (κ3) is 3.60. The second-order valence-electron chi connectivity index (χ2n) is 5.22. The van der Waals surface area contributed by atoms with E-state index >= 15 is 0 Å². The SMILES string of the molecule is Cc1[nH]cnc1-c1cccc(NC(=O)COc2ccccc2F)c1. The van der Waals surface area contributed by atoms with Gasteiger partial charge in [0, 0.05) is 16.9 Å². The monoisotopic (exact) mass is 325 g/mol. The first-order valence-electron chi connectivity index (χ1n) is 7.41. The highest BCUT2D eigenvalue weighted by Gasteiger charge is 2.09. The number of hydrogen-bond donors (Lipinski definition) is 2. The van der Waals surface area contributed by atoms with Crippen LogP contribution in [0.5, 0.6) is 5.75 Å². The summed E-state index contributed by atoms with van der Waals surface area (Å²) in [5.41, 5.74) is 3.29. The smallest absolute Gasteiger partial charge is 0.262 e. The molecule has 24 heavy (non-hydrogen) atoms. The minimum absolute atomic E-state index is 0.0496. The predicted molar refractivity (Wildman–Crippen MR) is 89.3 cm³/mol. The summed E-state index contributed by atoms with van der Waals surface area (Å²) >= 11 is 0. The summed E-state index contributed by atoms with van der Waals surface area (Å²) in [7, 11) is 0. The Kier molecular flexibility index (Phi) is 4.56. The number of aryl methyl sites for hydroxylation is 1. The Morgan fingerprint density at radius 3 is 2.83 bits per heavy atom. The third-order valence-corrected chi connectivity index (χ3v) is 3.45. The van der Waals surface area contributed by atoms with Gasteiger partial charge in [-0.05, 0) is 31.2 Å². The van der Waals surface area contributed by atoms with Gasteiger partial charge in [-0.1, -0.05) is 24.3 Å². The van der Waals surface area contributed by atoms with E-state index in [0.29, 0.717) is 5.69 Å². The molecule has 0 bridgehead atoms. The fourth-order valence-electron chi connectivity index (χ4n) is 2.30. The van der Waals surface area contributed by atoms with Crippen molar-refractivity contribution < 1.29 is 13.9 Å².